The van der Waals surface area contributed by atoms with E-state index in [0.717, 1.165) is 11.3 Å². The number of aromatic nitrogens is 1. The zero-order chi connectivity index (χ0) is 20.5. The molecule has 1 aliphatic rings. The van der Waals surface area contributed by atoms with E-state index < -0.39 is 10.0 Å². The van der Waals surface area contributed by atoms with Crippen molar-refractivity contribution >= 4 is 27.3 Å². The standard InChI is InChI=1S/C20H27N3O3S2/c1-5-14(4)10-21-19(24)20-22-18-15-8-6-7-9-17(15)28(25,26)23(11-13(2)3)12-16(18)27-20/h6-9,13-14H,5,10-12H2,1-4H3,(H,21,24). The molecule has 1 aromatic heterocycles. The smallest absolute Gasteiger partial charge is 0.280 e. The number of nitrogens with one attached hydrogen (secondary N) is 1. The molecule has 0 fully saturated rings. The minimum absolute atomic E-state index is 0.190. The van der Waals surface area contributed by atoms with Crippen LogP contribution in [0.2, 0.25) is 0 Å². The third-order valence-corrected chi connectivity index (χ3v) is 7.76. The van der Waals surface area contributed by atoms with Crippen molar-refractivity contribution in [2.24, 2.45) is 11.8 Å². The quantitative estimate of drug-likeness (QED) is 0.770. The Labute approximate surface area is 171 Å². The van der Waals surface area contributed by atoms with Crippen molar-refractivity contribution < 1.29 is 13.2 Å². The Balaban J connectivity index is 2.02. The number of fused-ring (bicyclic) bond motifs is 3. The van der Waals surface area contributed by atoms with E-state index in [9.17, 15) is 13.2 Å². The van der Waals surface area contributed by atoms with Crippen LogP contribution in [0.5, 0.6) is 0 Å². The first-order valence-corrected chi connectivity index (χ1v) is 11.9. The first kappa shape index (κ1) is 21.0. The molecule has 0 spiro atoms. The van der Waals surface area contributed by atoms with Gasteiger partial charge in [0.05, 0.1) is 17.1 Å². The summed E-state index contributed by atoms with van der Waals surface area (Å²) in [6.07, 6.45) is 0.990. The predicted octanol–water partition coefficient (Wildman–Crippen LogP) is 3.75. The zero-order valence-electron chi connectivity index (χ0n) is 16.7. The molecular weight excluding hydrogens is 394 g/mol. The number of benzene rings is 1. The van der Waals surface area contributed by atoms with E-state index in [4.69, 9.17) is 0 Å². The Hall–Kier alpha value is -1.77. The van der Waals surface area contributed by atoms with Crippen LogP contribution in [0.15, 0.2) is 29.2 Å². The molecule has 2 heterocycles. The maximum Gasteiger partial charge on any atom is 0.280 e. The Kier molecular flexibility index (Phi) is 6.21. The number of carbonyl (C=O) groups excluding carboxylic acids is 1. The Morgan fingerprint density at radius 3 is 2.68 bits per heavy atom. The van der Waals surface area contributed by atoms with Crippen molar-refractivity contribution in [2.45, 2.75) is 45.6 Å². The van der Waals surface area contributed by atoms with Crippen LogP contribution >= 0.6 is 11.3 Å². The van der Waals surface area contributed by atoms with Crippen LogP contribution in [0.4, 0.5) is 0 Å². The molecule has 6 nitrogen and oxygen atoms in total. The normalized spacial score (nSPS) is 16.9. The van der Waals surface area contributed by atoms with Crippen molar-refractivity contribution in [3.63, 3.8) is 0 Å². The molecule has 1 N–H and O–H groups in total. The third kappa shape index (κ3) is 4.14. The lowest BCUT2D eigenvalue weighted by molar-refractivity contribution is 0.0947. The van der Waals surface area contributed by atoms with Gasteiger partial charge in [-0.3, -0.25) is 4.79 Å². The molecule has 0 saturated carbocycles. The molecule has 0 aliphatic carbocycles. The monoisotopic (exact) mass is 421 g/mol. The largest absolute Gasteiger partial charge is 0.350 e. The summed E-state index contributed by atoms with van der Waals surface area (Å²) in [5.41, 5.74) is 1.17. The second kappa shape index (κ2) is 8.31. The Morgan fingerprint density at radius 1 is 1.29 bits per heavy atom. The van der Waals surface area contributed by atoms with E-state index in [1.165, 1.54) is 15.6 Å². The van der Waals surface area contributed by atoms with Crippen LogP contribution in [0.1, 0.15) is 48.8 Å². The van der Waals surface area contributed by atoms with Gasteiger partial charge in [-0.05, 0) is 17.9 Å². The highest BCUT2D eigenvalue weighted by molar-refractivity contribution is 7.89. The number of sulfonamides is 1. The fourth-order valence-corrected chi connectivity index (χ4v) is 5.95. The molecule has 0 radical (unpaired) electrons. The molecule has 2 aromatic rings. The van der Waals surface area contributed by atoms with Crippen LogP contribution in [0.3, 0.4) is 0 Å². The first-order valence-electron chi connectivity index (χ1n) is 9.61. The minimum atomic E-state index is -3.61. The topological polar surface area (TPSA) is 79.4 Å². The summed E-state index contributed by atoms with van der Waals surface area (Å²) in [5, 5.41) is 3.32. The Morgan fingerprint density at radius 2 is 2.00 bits per heavy atom. The van der Waals surface area contributed by atoms with Crippen molar-refractivity contribution in [2.75, 3.05) is 13.1 Å². The third-order valence-electron chi connectivity index (χ3n) is 4.85. The van der Waals surface area contributed by atoms with E-state index >= 15 is 0 Å². The lowest BCUT2D eigenvalue weighted by Gasteiger charge is -2.22. The number of hydrogen-bond acceptors (Lipinski definition) is 5. The molecule has 8 heteroatoms. The van der Waals surface area contributed by atoms with E-state index in [-0.39, 0.29) is 23.3 Å². The summed E-state index contributed by atoms with van der Waals surface area (Å²) < 4.78 is 27.9. The first-order chi connectivity index (χ1) is 13.2. The number of rotatable bonds is 6. The summed E-state index contributed by atoms with van der Waals surface area (Å²) in [6, 6.07) is 6.92. The lowest BCUT2D eigenvalue weighted by Crippen LogP contribution is -2.32. The Bertz CT molecular complexity index is 967. The second-order valence-corrected chi connectivity index (χ2v) is 10.7. The summed E-state index contributed by atoms with van der Waals surface area (Å²) in [6.45, 7) is 9.42. The number of hydrogen-bond donors (Lipinski definition) is 1. The highest BCUT2D eigenvalue weighted by Crippen LogP contribution is 2.39. The average molecular weight is 422 g/mol. The van der Waals surface area contributed by atoms with E-state index in [0.29, 0.717) is 35.3 Å². The SMILES string of the molecule is CCC(C)CNC(=O)c1nc2c(s1)CN(CC(C)C)S(=O)(=O)c1ccccc1-2. The van der Waals surface area contributed by atoms with Crippen molar-refractivity contribution in [3.05, 3.63) is 34.2 Å². The fraction of sp³-hybridized carbons (Fsp3) is 0.500. The van der Waals surface area contributed by atoms with Gasteiger partial charge in [0.1, 0.15) is 0 Å². The van der Waals surface area contributed by atoms with Gasteiger partial charge >= 0.3 is 0 Å². The summed E-state index contributed by atoms with van der Waals surface area (Å²) in [5.74, 6) is 0.387. The molecule has 0 saturated heterocycles. The molecule has 1 aromatic carbocycles. The van der Waals surface area contributed by atoms with E-state index in [1.54, 1.807) is 24.3 Å². The molecule has 1 unspecified atom stereocenters. The highest BCUT2D eigenvalue weighted by Gasteiger charge is 2.34. The van der Waals surface area contributed by atoms with Gasteiger partial charge in [-0.15, -0.1) is 11.3 Å². The summed E-state index contributed by atoms with van der Waals surface area (Å²) in [4.78, 5) is 18.2. The van der Waals surface area contributed by atoms with E-state index in [1.807, 2.05) is 13.8 Å². The van der Waals surface area contributed by atoms with Gasteiger partial charge in [-0.2, -0.15) is 4.31 Å². The van der Waals surface area contributed by atoms with Gasteiger partial charge in [-0.25, -0.2) is 13.4 Å². The highest BCUT2D eigenvalue weighted by atomic mass is 32.2. The van der Waals surface area contributed by atoms with Gasteiger partial charge in [0.15, 0.2) is 5.01 Å². The molecule has 0 bridgehead atoms. The van der Waals surface area contributed by atoms with Gasteiger partial charge in [0.25, 0.3) is 5.91 Å². The molecule has 152 valence electrons. The molecule has 28 heavy (non-hydrogen) atoms. The zero-order valence-corrected chi connectivity index (χ0v) is 18.4. The van der Waals surface area contributed by atoms with Gasteiger partial charge in [0.2, 0.25) is 10.0 Å². The van der Waals surface area contributed by atoms with Crippen LogP contribution in [-0.4, -0.2) is 36.7 Å². The van der Waals surface area contributed by atoms with Crippen LogP contribution in [0, 0.1) is 11.8 Å². The second-order valence-electron chi connectivity index (χ2n) is 7.70. The number of thiazole rings is 1. The van der Waals surface area contributed by atoms with Crippen LogP contribution < -0.4 is 5.32 Å². The van der Waals surface area contributed by atoms with Crippen molar-refractivity contribution in [1.82, 2.24) is 14.6 Å². The maximum atomic E-state index is 13.2. The van der Waals surface area contributed by atoms with Crippen LogP contribution in [0.25, 0.3) is 11.3 Å². The summed E-state index contributed by atoms with van der Waals surface area (Å²) in [7, 11) is -3.61. The molecule has 1 atom stereocenters. The molecule has 3 rings (SSSR count). The van der Waals surface area contributed by atoms with Gasteiger partial charge in [-0.1, -0.05) is 52.3 Å². The number of amides is 1. The summed E-state index contributed by atoms with van der Waals surface area (Å²) >= 11 is 1.28. The molecule has 1 aliphatic heterocycles. The minimum Gasteiger partial charge on any atom is -0.350 e. The lowest BCUT2D eigenvalue weighted by atomic mass is 10.1. The van der Waals surface area contributed by atoms with E-state index in [2.05, 4.69) is 24.1 Å². The maximum absolute atomic E-state index is 13.2. The van der Waals surface area contributed by atoms with Gasteiger partial charge in [0, 0.05) is 23.5 Å². The predicted molar refractivity (Wildman–Crippen MR) is 112 cm³/mol. The number of nitrogens with zero attached hydrogens (tertiary/aromatic N) is 2. The van der Waals surface area contributed by atoms with Crippen molar-refractivity contribution in [1.29, 1.82) is 0 Å². The molecule has 1 amide bonds. The fourth-order valence-electron chi connectivity index (χ4n) is 3.09. The molecular formula is C20H27N3O3S2. The van der Waals surface area contributed by atoms with Crippen molar-refractivity contribution in [3.8, 4) is 11.3 Å². The van der Waals surface area contributed by atoms with Crippen LogP contribution in [-0.2, 0) is 16.6 Å². The van der Waals surface area contributed by atoms with Gasteiger partial charge < -0.3 is 5.32 Å². The average Bonchev–Trinajstić information content (AvgIpc) is 3.05. The number of carbonyl (C=O) groups is 1.